The second kappa shape index (κ2) is 7.50. The van der Waals surface area contributed by atoms with Crippen molar-refractivity contribution in [1.29, 1.82) is 5.26 Å². The van der Waals surface area contributed by atoms with Crippen LogP contribution in [-0.4, -0.2) is 10.7 Å². The van der Waals surface area contributed by atoms with Crippen LogP contribution in [-0.2, 0) is 0 Å². The van der Waals surface area contributed by atoms with Gasteiger partial charge in [0, 0.05) is 29.3 Å². The van der Waals surface area contributed by atoms with Crippen molar-refractivity contribution < 1.29 is 14.1 Å². The molecule has 3 aromatic rings. The van der Waals surface area contributed by atoms with Gasteiger partial charge in [-0.25, -0.2) is 0 Å². The van der Waals surface area contributed by atoms with Crippen molar-refractivity contribution in [2.75, 3.05) is 0 Å². The van der Waals surface area contributed by atoms with Crippen LogP contribution in [0.15, 0.2) is 70.7 Å². The molecule has 0 saturated heterocycles. The molecule has 0 N–H and O–H groups in total. The maximum absolute atomic E-state index is 12.4. The fraction of sp³-hybridized carbons (Fsp3) is 0.0476. The van der Waals surface area contributed by atoms with E-state index in [1.165, 1.54) is 18.2 Å². The average molecular weight is 358 g/mol. The van der Waals surface area contributed by atoms with Crippen LogP contribution in [0, 0.1) is 28.4 Å². The number of Topliss-reactive ketones (excluding diaryl/α,β-unsaturated/α-hetero) is 1. The molecule has 132 valence electrons. The molecule has 6 heteroatoms. The van der Waals surface area contributed by atoms with E-state index in [0.717, 1.165) is 5.56 Å². The number of nitrogens with zero attached hydrogens (tertiary/aromatic N) is 2. The van der Waals surface area contributed by atoms with E-state index in [1.807, 2.05) is 13.0 Å². The number of benzene rings is 2. The maximum atomic E-state index is 12.4. The predicted octanol–water partition coefficient (Wildman–Crippen LogP) is 4.95. The van der Waals surface area contributed by atoms with Gasteiger partial charge in [0.05, 0.1) is 4.92 Å². The number of hydrogen-bond donors (Lipinski definition) is 0. The van der Waals surface area contributed by atoms with Crippen molar-refractivity contribution >= 4 is 17.5 Å². The van der Waals surface area contributed by atoms with Crippen molar-refractivity contribution in [2.45, 2.75) is 6.92 Å². The molecule has 1 aromatic heterocycles. The summed E-state index contributed by atoms with van der Waals surface area (Å²) in [4.78, 5) is 22.9. The second-order valence-corrected chi connectivity index (χ2v) is 5.82. The number of allylic oxidation sites excluding steroid dienone is 1. The minimum atomic E-state index is -0.473. The van der Waals surface area contributed by atoms with Crippen molar-refractivity contribution in [3.63, 3.8) is 0 Å². The lowest BCUT2D eigenvalue weighted by Gasteiger charge is -2.02. The fourth-order valence-electron chi connectivity index (χ4n) is 2.60. The third kappa shape index (κ3) is 3.83. The van der Waals surface area contributed by atoms with E-state index in [9.17, 15) is 20.2 Å². The van der Waals surface area contributed by atoms with Crippen LogP contribution in [0.2, 0.25) is 0 Å². The summed E-state index contributed by atoms with van der Waals surface area (Å²) in [5.41, 5.74) is 1.70. The first kappa shape index (κ1) is 17.8. The molecule has 0 atom stereocenters. The zero-order valence-corrected chi connectivity index (χ0v) is 14.4. The fourth-order valence-corrected chi connectivity index (χ4v) is 2.60. The lowest BCUT2D eigenvalue weighted by molar-refractivity contribution is -0.384. The molecule has 0 bridgehead atoms. The van der Waals surface area contributed by atoms with Gasteiger partial charge in [-0.05, 0) is 24.6 Å². The molecule has 2 aromatic carbocycles. The molecule has 0 spiro atoms. The molecule has 0 unspecified atom stereocenters. The van der Waals surface area contributed by atoms with Gasteiger partial charge in [-0.3, -0.25) is 14.9 Å². The lowest BCUT2D eigenvalue weighted by Crippen LogP contribution is -2.01. The summed E-state index contributed by atoms with van der Waals surface area (Å²) in [6, 6.07) is 18.2. The molecule has 27 heavy (non-hydrogen) atoms. The van der Waals surface area contributed by atoms with E-state index in [2.05, 4.69) is 0 Å². The Kier molecular flexibility index (Phi) is 4.95. The smallest absolute Gasteiger partial charge is 0.270 e. The van der Waals surface area contributed by atoms with Gasteiger partial charge < -0.3 is 4.42 Å². The molecule has 1 heterocycles. The van der Waals surface area contributed by atoms with Gasteiger partial charge in [-0.15, -0.1) is 0 Å². The zero-order chi connectivity index (χ0) is 19.4. The first-order valence-corrected chi connectivity index (χ1v) is 8.06. The van der Waals surface area contributed by atoms with Crippen LogP contribution in [0.25, 0.3) is 17.4 Å². The van der Waals surface area contributed by atoms with E-state index in [1.54, 1.807) is 48.5 Å². The number of furan rings is 1. The molecule has 0 fully saturated rings. The number of nitriles is 1. The van der Waals surface area contributed by atoms with Gasteiger partial charge in [-0.1, -0.05) is 36.4 Å². The molecule has 0 amide bonds. The van der Waals surface area contributed by atoms with Gasteiger partial charge in [0.25, 0.3) is 5.69 Å². The quantitative estimate of drug-likeness (QED) is 0.211. The van der Waals surface area contributed by atoms with Crippen molar-refractivity contribution in [3.8, 4) is 17.4 Å². The van der Waals surface area contributed by atoms with Crippen LogP contribution >= 0.6 is 0 Å². The van der Waals surface area contributed by atoms with Gasteiger partial charge in [0.15, 0.2) is 0 Å². The minimum Gasteiger partial charge on any atom is -0.457 e. The number of hydrogen-bond acceptors (Lipinski definition) is 5. The number of non-ortho nitro benzene ring substituents is 1. The van der Waals surface area contributed by atoms with E-state index in [4.69, 9.17) is 4.42 Å². The average Bonchev–Trinajstić information content (AvgIpc) is 3.14. The van der Waals surface area contributed by atoms with Gasteiger partial charge in [0.1, 0.15) is 23.2 Å². The molecule has 0 radical (unpaired) electrons. The lowest BCUT2D eigenvalue weighted by atomic mass is 10.0. The van der Waals surface area contributed by atoms with Crippen LogP contribution < -0.4 is 0 Å². The number of carbonyl (C=O) groups is 1. The number of nitro benzene ring substituents is 1. The van der Waals surface area contributed by atoms with Crippen molar-refractivity contribution in [2.24, 2.45) is 0 Å². The van der Waals surface area contributed by atoms with E-state index < -0.39 is 10.7 Å². The predicted molar refractivity (Wildman–Crippen MR) is 99.9 cm³/mol. The Hall–Kier alpha value is -3.98. The summed E-state index contributed by atoms with van der Waals surface area (Å²) in [6.07, 6.45) is 1.37. The Morgan fingerprint density at radius 3 is 2.56 bits per heavy atom. The molecular weight excluding hydrogens is 344 g/mol. The Morgan fingerprint density at radius 2 is 1.89 bits per heavy atom. The maximum Gasteiger partial charge on any atom is 0.270 e. The monoisotopic (exact) mass is 358 g/mol. The standard InChI is InChI=1S/C21H14N2O4/c1-14-7-8-17(23(25)26)12-19(14)20-10-9-18(27-20)11-16(13-22)21(24)15-5-3-2-4-6-15/h2-12H,1H3/b16-11+. The Balaban J connectivity index is 1.95. The molecule has 0 aliphatic heterocycles. The third-order valence-electron chi connectivity index (χ3n) is 4.01. The Morgan fingerprint density at radius 1 is 1.15 bits per heavy atom. The summed E-state index contributed by atoms with van der Waals surface area (Å²) in [5.74, 6) is 0.339. The van der Waals surface area contributed by atoms with Crippen LogP contribution in [0.5, 0.6) is 0 Å². The van der Waals surface area contributed by atoms with Gasteiger partial charge in [0.2, 0.25) is 5.78 Å². The van der Waals surface area contributed by atoms with E-state index >= 15 is 0 Å². The largest absolute Gasteiger partial charge is 0.457 e. The SMILES string of the molecule is Cc1ccc([N+](=O)[O-])cc1-c1ccc(/C=C(\C#N)C(=O)c2ccccc2)o1. The summed E-state index contributed by atoms with van der Waals surface area (Å²) < 4.78 is 5.70. The van der Waals surface area contributed by atoms with Crippen LogP contribution in [0.4, 0.5) is 5.69 Å². The second-order valence-electron chi connectivity index (χ2n) is 5.82. The summed E-state index contributed by atoms with van der Waals surface area (Å²) in [6.45, 7) is 1.82. The molecule has 6 nitrogen and oxygen atoms in total. The highest BCUT2D eigenvalue weighted by atomic mass is 16.6. The number of nitro groups is 1. The number of aryl methyl sites for hydroxylation is 1. The van der Waals surface area contributed by atoms with Crippen LogP contribution in [0.3, 0.4) is 0 Å². The number of ketones is 1. The Labute approximate surface area is 155 Å². The number of rotatable bonds is 5. The highest BCUT2D eigenvalue weighted by Crippen LogP contribution is 2.30. The van der Waals surface area contributed by atoms with Crippen molar-refractivity contribution in [1.82, 2.24) is 0 Å². The Bertz CT molecular complexity index is 1090. The summed E-state index contributed by atoms with van der Waals surface area (Å²) in [5, 5.41) is 20.3. The topological polar surface area (TPSA) is 97.1 Å². The minimum absolute atomic E-state index is 0.0407. The number of carbonyl (C=O) groups excluding carboxylic acids is 1. The van der Waals surface area contributed by atoms with Gasteiger partial charge >= 0.3 is 0 Å². The van der Waals surface area contributed by atoms with Gasteiger partial charge in [-0.2, -0.15) is 5.26 Å². The molecular formula is C21H14N2O4. The zero-order valence-electron chi connectivity index (χ0n) is 14.4. The molecule has 3 rings (SSSR count). The summed E-state index contributed by atoms with van der Waals surface area (Å²) >= 11 is 0. The highest BCUT2D eigenvalue weighted by Gasteiger charge is 2.15. The van der Waals surface area contributed by atoms with E-state index in [0.29, 0.717) is 22.6 Å². The molecule has 0 aliphatic carbocycles. The molecule has 0 saturated carbocycles. The highest BCUT2D eigenvalue weighted by molar-refractivity contribution is 6.13. The van der Waals surface area contributed by atoms with E-state index in [-0.39, 0.29) is 11.3 Å². The summed E-state index contributed by atoms with van der Waals surface area (Å²) in [7, 11) is 0. The van der Waals surface area contributed by atoms with Crippen molar-refractivity contribution in [3.05, 3.63) is 93.2 Å². The first-order chi connectivity index (χ1) is 13.0. The molecule has 0 aliphatic rings. The first-order valence-electron chi connectivity index (χ1n) is 8.06. The third-order valence-corrected chi connectivity index (χ3v) is 4.01. The van der Waals surface area contributed by atoms with Crippen LogP contribution in [0.1, 0.15) is 21.7 Å². The normalized spacial score (nSPS) is 11.0.